The first-order valence-electron chi connectivity index (χ1n) is 7.59. The Labute approximate surface area is 143 Å². The van der Waals surface area contributed by atoms with Crippen LogP contribution in [0.3, 0.4) is 0 Å². The largest absolute Gasteiger partial charge is 0.322 e. The van der Waals surface area contributed by atoms with Crippen molar-refractivity contribution >= 4 is 33.0 Å². The van der Waals surface area contributed by atoms with Crippen LogP contribution < -0.4 is 5.32 Å². The van der Waals surface area contributed by atoms with E-state index in [4.69, 9.17) is 0 Å². The van der Waals surface area contributed by atoms with Crippen LogP contribution in [0, 0.1) is 0 Å². The standard InChI is InChI=1S/C20H14N2OS/c23-20(22-16-6-2-1-3-7-16)15-10-14(11-21-12-15)18-13-24-19-9-5-4-8-17(18)19/h1-13H,(H,22,23). The van der Waals surface area contributed by atoms with Crippen molar-refractivity contribution in [3.8, 4) is 11.1 Å². The number of fused-ring (bicyclic) bond motifs is 1. The van der Waals surface area contributed by atoms with Crippen LogP contribution in [-0.2, 0) is 0 Å². The third-order valence-corrected chi connectivity index (χ3v) is 4.79. The second-order valence-electron chi connectivity index (χ2n) is 5.43. The molecule has 4 heteroatoms. The van der Waals surface area contributed by atoms with Gasteiger partial charge >= 0.3 is 0 Å². The molecule has 0 spiro atoms. The molecule has 0 atom stereocenters. The molecular formula is C20H14N2OS. The zero-order valence-electron chi connectivity index (χ0n) is 12.8. The number of pyridine rings is 1. The number of para-hydroxylation sites is 1. The highest BCUT2D eigenvalue weighted by Gasteiger charge is 2.11. The van der Waals surface area contributed by atoms with Crippen LogP contribution in [0.25, 0.3) is 21.2 Å². The van der Waals surface area contributed by atoms with Crippen LogP contribution in [-0.4, -0.2) is 10.9 Å². The molecule has 0 radical (unpaired) electrons. The number of carbonyl (C=O) groups excluding carboxylic acids is 1. The molecule has 0 aliphatic rings. The van der Waals surface area contributed by atoms with Gasteiger partial charge in [0.25, 0.3) is 5.91 Å². The molecule has 1 amide bonds. The number of nitrogens with zero attached hydrogens (tertiary/aromatic N) is 1. The maximum atomic E-state index is 12.5. The van der Waals surface area contributed by atoms with Crippen LogP contribution in [0.1, 0.15) is 10.4 Å². The van der Waals surface area contributed by atoms with Crippen LogP contribution in [0.5, 0.6) is 0 Å². The second-order valence-corrected chi connectivity index (χ2v) is 6.34. The molecule has 2 aromatic heterocycles. The van der Waals surface area contributed by atoms with Gasteiger partial charge in [0.05, 0.1) is 5.56 Å². The lowest BCUT2D eigenvalue weighted by Gasteiger charge is -2.06. The molecule has 0 saturated heterocycles. The fourth-order valence-electron chi connectivity index (χ4n) is 2.64. The number of amides is 1. The quantitative estimate of drug-likeness (QED) is 0.560. The fraction of sp³-hybridized carbons (Fsp3) is 0. The van der Waals surface area contributed by atoms with Crippen LogP contribution in [0.4, 0.5) is 5.69 Å². The molecule has 0 saturated carbocycles. The minimum atomic E-state index is -0.157. The highest BCUT2D eigenvalue weighted by molar-refractivity contribution is 7.17. The molecule has 0 unspecified atom stereocenters. The van der Waals surface area contributed by atoms with Crippen molar-refractivity contribution in [1.82, 2.24) is 4.98 Å². The van der Waals surface area contributed by atoms with E-state index < -0.39 is 0 Å². The SMILES string of the molecule is O=C(Nc1ccccc1)c1cncc(-c2csc3ccccc23)c1. The zero-order chi connectivity index (χ0) is 16.4. The van der Waals surface area contributed by atoms with Crippen molar-refractivity contribution in [2.24, 2.45) is 0 Å². The number of hydrogen-bond acceptors (Lipinski definition) is 3. The van der Waals surface area contributed by atoms with Gasteiger partial charge in [0.1, 0.15) is 0 Å². The van der Waals surface area contributed by atoms with Crippen LogP contribution >= 0.6 is 11.3 Å². The fourth-order valence-corrected chi connectivity index (χ4v) is 3.61. The van der Waals surface area contributed by atoms with Gasteiger partial charge in [-0.1, -0.05) is 36.4 Å². The molecule has 116 valence electrons. The number of benzene rings is 2. The smallest absolute Gasteiger partial charge is 0.257 e. The van der Waals surface area contributed by atoms with E-state index in [-0.39, 0.29) is 5.91 Å². The molecule has 2 aromatic carbocycles. The minimum Gasteiger partial charge on any atom is -0.322 e. The summed E-state index contributed by atoms with van der Waals surface area (Å²) in [6, 6.07) is 19.6. The predicted molar refractivity (Wildman–Crippen MR) is 99.5 cm³/mol. The topological polar surface area (TPSA) is 42.0 Å². The van der Waals surface area contributed by atoms with Gasteiger partial charge in [-0.3, -0.25) is 9.78 Å². The van der Waals surface area contributed by atoms with Crippen molar-refractivity contribution in [1.29, 1.82) is 0 Å². The summed E-state index contributed by atoms with van der Waals surface area (Å²) in [6.07, 6.45) is 3.39. The highest BCUT2D eigenvalue weighted by Crippen LogP contribution is 2.33. The summed E-state index contributed by atoms with van der Waals surface area (Å²) in [5.74, 6) is -0.157. The lowest BCUT2D eigenvalue weighted by molar-refractivity contribution is 0.102. The van der Waals surface area contributed by atoms with Gasteiger partial charge in [-0.05, 0) is 29.6 Å². The number of anilines is 1. The van der Waals surface area contributed by atoms with E-state index in [0.29, 0.717) is 5.56 Å². The molecule has 4 aromatic rings. The van der Waals surface area contributed by atoms with E-state index in [1.54, 1.807) is 23.7 Å². The van der Waals surface area contributed by atoms with Crippen molar-refractivity contribution in [3.05, 3.63) is 84.0 Å². The molecule has 1 N–H and O–H groups in total. The molecule has 4 rings (SSSR count). The van der Waals surface area contributed by atoms with Gasteiger partial charge < -0.3 is 5.32 Å². The molecular weight excluding hydrogens is 316 g/mol. The van der Waals surface area contributed by atoms with Crippen molar-refractivity contribution in [2.45, 2.75) is 0 Å². The third kappa shape index (κ3) is 2.79. The number of aromatic nitrogens is 1. The van der Waals surface area contributed by atoms with Gasteiger partial charge in [0.2, 0.25) is 0 Å². The molecule has 24 heavy (non-hydrogen) atoms. The Balaban J connectivity index is 1.68. The predicted octanol–water partition coefficient (Wildman–Crippen LogP) is 5.22. The normalized spacial score (nSPS) is 10.7. The molecule has 0 aliphatic carbocycles. The van der Waals surface area contributed by atoms with Gasteiger partial charge in [-0.25, -0.2) is 0 Å². The number of nitrogens with one attached hydrogen (secondary N) is 1. The summed E-state index contributed by atoms with van der Waals surface area (Å²) in [6.45, 7) is 0. The molecule has 0 aliphatic heterocycles. The lowest BCUT2D eigenvalue weighted by Crippen LogP contribution is -2.12. The molecule has 0 bridgehead atoms. The van der Waals surface area contributed by atoms with E-state index >= 15 is 0 Å². The zero-order valence-corrected chi connectivity index (χ0v) is 13.6. The van der Waals surface area contributed by atoms with Crippen LogP contribution in [0.15, 0.2) is 78.4 Å². The summed E-state index contributed by atoms with van der Waals surface area (Å²) in [4.78, 5) is 16.7. The Hall–Kier alpha value is -2.98. The molecule has 0 fully saturated rings. The number of carbonyl (C=O) groups is 1. The highest BCUT2D eigenvalue weighted by atomic mass is 32.1. The van der Waals surface area contributed by atoms with E-state index in [1.807, 2.05) is 48.5 Å². The Bertz CT molecular complexity index is 1010. The Morgan fingerprint density at radius 2 is 1.75 bits per heavy atom. The summed E-state index contributed by atoms with van der Waals surface area (Å²) in [5.41, 5.74) is 3.38. The van der Waals surface area contributed by atoms with Crippen molar-refractivity contribution in [3.63, 3.8) is 0 Å². The lowest BCUT2D eigenvalue weighted by atomic mass is 10.0. The summed E-state index contributed by atoms with van der Waals surface area (Å²) < 4.78 is 1.23. The number of rotatable bonds is 3. The first-order chi connectivity index (χ1) is 11.8. The monoisotopic (exact) mass is 330 g/mol. The Kier molecular flexibility index (Phi) is 3.81. The first kappa shape index (κ1) is 14.6. The van der Waals surface area contributed by atoms with Crippen molar-refractivity contribution < 1.29 is 4.79 Å². The maximum absolute atomic E-state index is 12.5. The van der Waals surface area contributed by atoms with Gasteiger partial charge in [-0.2, -0.15) is 0 Å². The Morgan fingerprint density at radius 3 is 2.62 bits per heavy atom. The first-order valence-corrected chi connectivity index (χ1v) is 8.47. The van der Waals surface area contributed by atoms with E-state index in [9.17, 15) is 4.79 Å². The minimum absolute atomic E-state index is 0.157. The van der Waals surface area contributed by atoms with Crippen LogP contribution in [0.2, 0.25) is 0 Å². The summed E-state index contributed by atoms with van der Waals surface area (Å²) in [5, 5.41) is 6.19. The number of thiophene rings is 1. The number of hydrogen-bond donors (Lipinski definition) is 1. The van der Waals surface area contributed by atoms with E-state index in [2.05, 4.69) is 27.8 Å². The summed E-state index contributed by atoms with van der Waals surface area (Å²) in [7, 11) is 0. The Morgan fingerprint density at radius 1 is 0.958 bits per heavy atom. The molecule has 3 nitrogen and oxygen atoms in total. The maximum Gasteiger partial charge on any atom is 0.257 e. The van der Waals surface area contributed by atoms with Gasteiger partial charge in [0, 0.05) is 39.3 Å². The van der Waals surface area contributed by atoms with E-state index in [0.717, 1.165) is 16.8 Å². The molecule has 2 heterocycles. The average Bonchev–Trinajstić information content (AvgIpc) is 3.07. The van der Waals surface area contributed by atoms with E-state index in [1.165, 1.54) is 10.1 Å². The van der Waals surface area contributed by atoms with Gasteiger partial charge in [0.15, 0.2) is 0 Å². The third-order valence-electron chi connectivity index (χ3n) is 3.82. The summed E-state index contributed by atoms with van der Waals surface area (Å²) >= 11 is 1.70. The second kappa shape index (κ2) is 6.26. The van der Waals surface area contributed by atoms with Crippen molar-refractivity contribution in [2.75, 3.05) is 5.32 Å². The van der Waals surface area contributed by atoms with Gasteiger partial charge in [-0.15, -0.1) is 11.3 Å². The average molecular weight is 330 g/mol.